The van der Waals surface area contributed by atoms with Crippen molar-refractivity contribution in [3.63, 3.8) is 0 Å². The van der Waals surface area contributed by atoms with Crippen LogP contribution in [0.2, 0.25) is 0 Å². The van der Waals surface area contributed by atoms with Crippen LogP contribution in [0.1, 0.15) is 36.2 Å². The van der Waals surface area contributed by atoms with E-state index in [4.69, 9.17) is 5.73 Å². The molecule has 0 radical (unpaired) electrons. The number of hydrogen-bond donors (Lipinski definition) is 3. The third kappa shape index (κ3) is 5.73. The Labute approximate surface area is 120 Å². The third-order valence-electron chi connectivity index (χ3n) is 2.94. The zero-order chi connectivity index (χ0) is 15.0. The predicted octanol–water partition coefficient (Wildman–Crippen LogP) is 1.50. The van der Waals surface area contributed by atoms with Gasteiger partial charge in [-0.3, -0.25) is 9.79 Å². The molecule has 5 nitrogen and oxygen atoms in total. The van der Waals surface area contributed by atoms with E-state index in [1.807, 2.05) is 12.1 Å². The van der Waals surface area contributed by atoms with E-state index in [-0.39, 0.29) is 0 Å². The average molecular weight is 276 g/mol. The summed E-state index contributed by atoms with van der Waals surface area (Å²) in [4.78, 5) is 15.1. The van der Waals surface area contributed by atoms with E-state index < -0.39 is 5.91 Å². The summed E-state index contributed by atoms with van der Waals surface area (Å²) < 4.78 is 0. The second-order valence-electron chi connectivity index (χ2n) is 5.10. The van der Waals surface area contributed by atoms with E-state index in [9.17, 15) is 4.79 Å². The maximum Gasteiger partial charge on any atom is 0.248 e. The second kappa shape index (κ2) is 8.19. The van der Waals surface area contributed by atoms with Crippen LogP contribution in [-0.4, -0.2) is 25.5 Å². The Morgan fingerprint density at radius 2 is 1.90 bits per heavy atom. The van der Waals surface area contributed by atoms with E-state index in [1.54, 1.807) is 19.2 Å². The summed E-state index contributed by atoms with van der Waals surface area (Å²) in [6.07, 6.45) is 1.11. The van der Waals surface area contributed by atoms with Gasteiger partial charge in [-0.15, -0.1) is 0 Å². The number of carbonyl (C=O) groups excluding carboxylic acids is 1. The molecule has 20 heavy (non-hydrogen) atoms. The Balaban J connectivity index is 2.42. The second-order valence-corrected chi connectivity index (χ2v) is 5.10. The summed E-state index contributed by atoms with van der Waals surface area (Å²) in [6, 6.07) is 7.23. The zero-order valence-corrected chi connectivity index (χ0v) is 12.4. The zero-order valence-electron chi connectivity index (χ0n) is 12.4. The maximum absolute atomic E-state index is 11.0. The minimum atomic E-state index is -0.407. The van der Waals surface area contributed by atoms with Crippen molar-refractivity contribution in [2.75, 3.05) is 13.6 Å². The highest BCUT2D eigenvalue weighted by molar-refractivity contribution is 5.92. The number of benzene rings is 1. The van der Waals surface area contributed by atoms with Gasteiger partial charge >= 0.3 is 0 Å². The third-order valence-corrected chi connectivity index (χ3v) is 2.94. The van der Waals surface area contributed by atoms with E-state index in [0.717, 1.165) is 24.5 Å². The first-order chi connectivity index (χ1) is 9.52. The summed E-state index contributed by atoms with van der Waals surface area (Å²) in [6.45, 7) is 5.94. The Kier molecular flexibility index (Phi) is 6.56. The molecule has 0 heterocycles. The van der Waals surface area contributed by atoms with E-state index in [2.05, 4.69) is 29.5 Å². The molecule has 0 unspecified atom stereocenters. The minimum Gasteiger partial charge on any atom is -0.366 e. The molecule has 0 aliphatic carbocycles. The highest BCUT2D eigenvalue weighted by Crippen LogP contribution is 2.03. The van der Waals surface area contributed by atoms with Crippen molar-refractivity contribution < 1.29 is 4.79 Å². The van der Waals surface area contributed by atoms with Crippen LogP contribution in [0.4, 0.5) is 0 Å². The molecule has 0 atom stereocenters. The molecular formula is C15H24N4O. The monoisotopic (exact) mass is 276 g/mol. The van der Waals surface area contributed by atoms with Gasteiger partial charge < -0.3 is 16.4 Å². The predicted molar refractivity (Wildman–Crippen MR) is 82.6 cm³/mol. The van der Waals surface area contributed by atoms with Gasteiger partial charge in [-0.05, 0) is 30.0 Å². The summed E-state index contributed by atoms with van der Waals surface area (Å²) in [7, 11) is 1.75. The number of nitrogens with zero attached hydrogens (tertiary/aromatic N) is 1. The summed E-state index contributed by atoms with van der Waals surface area (Å²) in [5.41, 5.74) is 6.80. The molecular weight excluding hydrogens is 252 g/mol. The van der Waals surface area contributed by atoms with E-state index in [1.165, 1.54) is 0 Å². The molecule has 0 spiro atoms. The molecule has 0 aliphatic heterocycles. The van der Waals surface area contributed by atoms with Gasteiger partial charge in [-0.2, -0.15) is 0 Å². The Hall–Kier alpha value is -2.04. The van der Waals surface area contributed by atoms with Crippen LogP contribution in [0.5, 0.6) is 0 Å². The van der Waals surface area contributed by atoms with E-state index >= 15 is 0 Å². The molecule has 0 saturated heterocycles. The van der Waals surface area contributed by atoms with Gasteiger partial charge in [0.1, 0.15) is 0 Å². The average Bonchev–Trinajstić information content (AvgIpc) is 2.42. The molecule has 0 aromatic heterocycles. The fraction of sp³-hybridized carbons (Fsp3) is 0.467. The summed E-state index contributed by atoms with van der Waals surface area (Å²) in [5, 5.41) is 6.50. The fourth-order valence-electron chi connectivity index (χ4n) is 1.67. The van der Waals surface area contributed by atoms with Gasteiger partial charge in [-0.25, -0.2) is 0 Å². The molecule has 4 N–H and O–H groups in total. The maximum atomic E-state index is 11.0. The van der Waals surface area contributed by atoms with Crippen molar-refractivity contribution in [2.45, 2.75) is 26.8 Å². The topological polar surface area (TPSA) is 79.5 Å². The number of hydrogen-bond acceptors (Lipinski definition) is 2. The van der Waals surface area contributed by atoms with Crippen molar-refractivity contribution in [3.05, 3.63) is 35.4 Å². The normalized spacial score (nSPS) is 11.5. The van der Waals surface area contributed by atoms with Gasteiger partial charge in [0.05, 0.1) is 0 Å². The lowest BCUT2D eigenvalue weighted by molar-refractivity contribution is 0.100. The van der Waals surface area contributed by atoms with Crippen molar-refractivity contribution >= 4 is 11.9 Å². The lowest BCUT2D eigenvalue weighted by Gasteiger charge is -2.13. The Morgan fingerprint density at radius 3 is 2.40 bits per heavy atom. The van der Waals surface area contributed by atoms with Crippen molar-refractivity contribution in [1.82, 2.24) is 10.6 Å². The highest BCUT2D eigenvalue weighted by atomic mass is 16.1. The van der Waals surface area contributed by atoms with Gasteiger partial charge in [0.15, 0.2) is 5.96 Å². The molecule has 0 saturated carbocycles. The Morgan fingerprint density at radius 1 is 1.25 bits per heavy atom. The minimum absolute atomic E-state index is 0.407. The summed E-state index contributed by atoms with van der Waals surface area (Å²) >= 11 is 0. The van der Waals surface area contributed by atoms with Crippen LogP contribution < -0.4 is 16.4 Å². The number of amides is 1. The highest BCUT2D eigenvalue weighted by Gasteiger charge is 2.01. The number of aliphatic imine (C=N–C) groups is 1. The van der Waals surface area contributed by atoms with Gasteiger partial charge in [-0.1, -0.05) is 26.0 Å². The first kappa shape index (κ1) is 16.0. The molecule has 0 bridgehead atoms. The number of nitrogens with one attached hydrogen (secondary N) is 2. The first-order valence-corrected chi connectivity index (χ1v) is 6.86. The Bertz CT molecular complexity index is 451. The molecule has 1 amide bonds. The lowest BCUT2D eigenvalue weighted by Crippen LogP contribution is -2.37. The van der Waals surface area contributed by atoms with Gasteiger partial charge in [0.2, 0.25) is 5.91 Å². The van der Waals surface area contributed by atoms with Crippen LogP contribution in [0, 0.1) is 5.92 Å². The number of rotatable bonds is 6. The number of nitrogens with two attached hydrogens (primary N) is 1. The quantitative estimate of drug-likeness (QED) is 0.544. The van der Waals surface area contributed by atoms with Crippen LogP contribution in [0.3, 0.4) is 0 Å². The standard InChI is InChI=1S/C15H24N4O/c1-11(2)8-9-18-15(17-3)19-10-12-4-6-13(7-5-12)14(16)20/h4-7,11H,8-10H2,1-3H3,(H2,16,20)(H2,17,18,19). The molecule has 1 aromatic rings. The molecule has 1 rings (SSSR count). The largest absolute Gasteiger partial charge is 0.366 e. The van der Waals surface area contributed by atoms with Crippen LogP contribution >= 0.6 is 0 Å². The molecule has 0 fully saturated rings. The number of primary amides is 1. The molecule has 0 aliphatic rings. The summed E-state index contributed by atoms with van der Waals surface area (Å²) in [5.74, 6) is 1.04. The first-order valence-electron chi connectivity index (χ1n) is 6.86. The van der Waals surface area contributed by atoms with Crippen molar-refractivity contribution in [2.24, 2.45) is 16.6 Å². The smallest absolute Gasteiger partial charge is 0.248 e. The number of guanidine groups is 1. The van der Waals surface area contributed by atoms with Crippen LogP contribution in [0.15, 0.2) is 29.3 Å². The SMILES string of the molecule is CN=C(NCCC(C)C)NCc1ccc(C(N)=O)cc1. The fourth-order valence-corrected chi connectivity index (χ4v) is 1.67. The molecule has 5 heteroatoms. The van der Waals surface area contributed by atoms with Gasteiger partial charge in [0.25, 0.3) is 0 Å². The molecule has 110 valence electrons. The van der Waals surface area contributed by atoms with Gasteiger partial charge in [0, 0.05) is 25.7 Å². The van der Waals surface area contributed by atoms with Crippen LogP contribution in [-0.2, 0) is 6.54 Å². The molecule has 1 aromatic carbocycles. The van der Waals surface area contributed by atoms with E-state index in [0.29, 0.717) is 18.0 Å². The van der Waals surface area contributed by atoms with Crippen molar-refractivity contribution in [3.8, 4) is 0 Å². The lowest BCUT2D eigenvalue weighted by atomic mass is 10.1. The van der Waals surface area contributed by atoms with Crippen molar-refractivity contribution in [1.29, 1.82) is 0 Å². The number of carbonyl (C=O) groups is 1. The van der Waals surface area contributed by atoms with Crippen LogP contribution in [0.25, 0.3) is 0 Å².